The number of hydrogen-bond acceptors (Lipinski definition) is 7. The van der Waals surface area contributed by atoms with E-state index in [1.54, 1.807) is 0 Å². The molecule has 3 heterocycles. The normalized spacial score (nSPS) is 11.2. The highest BCUT2D eigenvalue weighted by atomic mass is 16.1. The highest BCUT2D eigenvalue weighted by Crippen LogP contribution is 2.29. The first-order valence-corrected chi connectivity index (χ1v) is 9.97. The lowest BCUT2D eigenvalue weighted by Gasteiger charge is -2.10. The van der Waals surface area contributed by atoms with Gasteiger partial charge < -0.3 is 21.4 Å². The van der Waals surface area contributed by atoms with E-state index in [2.05, 4.69) is 37.8 Å². The molecule has 1 aromatic carbocycles. The van der Waals surface area contributed by atoms with Gasteiger partial charge in [0, 0.05) is 24.9 Å². The summed E-state index contributed by atoms with van der Waals surface area (Å²) in [6.45, 7) is 3.41. The Balaban J connectivity index is 1.46. The third-order valence-electron chi connectivity index (χ3n) is 5.00. The van der Waals surface area contributed by atoms with Crippen molar-refractivity contribution < 1.29 is 4.79 Å². The Bertz CT molecular complexity index is 1200. The van der Waals surface area contributed by atoms with Crippen molar-refractivity contribution in [2.75, 3.05) is 18.0 Å². The molecular formula is C21H24N8O. The molecule has 0 unspecified atom stereocenters. The predicted octanol–water partition coefficient (Wildman–Crippen LogP) is 2.31. The van der Waals surface area contributed by atoms with E-state index < -0.39 is 0 Å². The summed E-state index contributed by atoms with van der Waals surface area (Å²) >= 11 is 0. The molecule has 154 valence electrons. The van der Waals surface area contributed by atoms with Crippen molar-refractivity contribution in [2.24, 2.45) is 0 Å². The summed E-state index contributed by atoms with van der Waals surface area (Å²) in [7, 11) is 0. The first-order chi connectivity index (χ1) is 14.6. The average Bonchev–Trinajstić information content (AvgIpc) is 3.13. The maximum Gasteiger partial charge on any atom is 0.271 e. The van der Waals surface area contributed by atoms with Crippen molar-refractivity contribution in [2.45, 2.75) is 32.7 Å². The molecule has 30 heavy (non-hydrogen) atoms. The number of amides is 1. The highest BCUT2D eigenvalue weighted by molar-refractivity contribution is 6.06. The number of nitrogen functional groups attached to an aromatic ring is 2. The van der Waals surface area contributed by atoms with Crippen LogP contribution in [0.2, 0.25) is 0 Å². The number of aromatic nitrogens is 5. The SMILES string of the molecule is CCc1nc2c(N)nc3ccccc3c2n1CCCCNC(=O)c1cnc(N)cn1. The van der Waals surface area contributed by atoms with E-state index in [0.29, 0.717) is 12.4 Å². The Morgan fingerprint density at radius 1 is 1.10 bits per heavy atom. The van der Waals surface area contributed by atoms with Crippen LogP contribution in [0.15, 0.2) is 36.7 Å². The maximum absolute atomic E-state index is 12.1. The van der Waals surface area contributed by atoms with Crippen LogP contribution in [-0.4, -0.2) is 37.0 Å². The molecule has 0 saturated carbocycles. The number of imidazole rings is 1. The van der Waals surface area contributed by atoms with Gasteiger partial charge >= 0.3 is 0 Å². The number of fused-ring (bicyclic) bond motifs is 3. The van der Waals surface area contributed by atoms with Gasteiger partial charge in [-0.1, -0.05) is 25.1 Å². The number of pyridine rings is 1. The van der Waals surface area contributed by atoms with Crippen LogP contribution >= 0.6 is 0 Å². The van der Waals surface area contributed by atoms with Gasteiger partial charge in [-0.05, 0) is 18.9 Å². The molecule has 0 atom stereocenters. The second-order valence-corrected chi connectivity index (χ2v) is 7.03. The first kappa shape index (κ1) is 19.6. The van der Waals surface area contributed by atoms with Crippen LogP contribution in [0, 0.1) is 0 Å². The molecule has 0 aliphatic carbocycles. The number of nitrogens with two attached hydrogens (primary N) is 2. The summed E-state index contributed by atoms with van der Waals surface area (Å²) < 4.78 is 2.23. The standard InChI is InChI=1S/C21H24N8O/c1-2-17-28-18-19(13-7-3-4-8-14(13)27-20(18)23)29(17)10-6-5-9-24-21(30)15-11-26-16(22)12-25-15/h3-4,7-8,11-12H,2,5-6,9-10H2,1H3,(H2,22,26)(H2,23,27)(H,24,30). The number of aryl methyl sites for hydroxylation is 2. The zero-order valence-electron chi connectivity index (χ0n) is 16.8. The maximum atomic E-state index is 12.1. The van der Waals surface area contributed by atoms with Crippen molar-refractivity contribution in [1.29, 1.82) is 0 Å². The number of rotatable bonds is 7. The second-order valence-electron chi connectivity index (χ2n) is 7.03. The number of unbranched alkanes of at least 4 members (excludes halogenated alkanes) is 1. The lowest BCUT2D eigenvalue weighted by molar-refractivity contribution is 0.0947. The summed E-state index contributed by atoms with van der Waals surface area (Å²) in [4.78, 5) is 29.2. The average molecular weight is 404 g/mol. The van der Waals surface area contributed by atoms with E-state index in [1.807, 2.05) is 18.2 Å². The van der Waals surface area contributed by atoms with Gasteiger partial charge in [0.2, 0.25) is 0 Å². The Hall–Kier alpha value is -3.75. The topological polar surface area (TPSA) is 138 Å². The van der Waals surface area contributed by atoms with Crippen molar-refractivity contribution >= 4 is 39.5 Å². The summed E-state index contributed by atoms with van der Waals surface area (Å²) in [5, 5.41) is 3.91. The molecule has 4 rings (SSSR count). The summed E-state index contributed by atoms with van der Waals surface area (Å²) in [6, 6.07) is 7.97. The zero-order valence-corrected chi connectivity index (χ0v) is 16.8. The smallest absolute Gasteiger partial charge is 0.271 e. The van der Waals surface area contributed by atoms with Crippen LogP contribution in [0.5, 0.6) is 0 Å². The summed E-state index contributed by atoms with van der Waals surface area (Å²) in [5.74, 6) is 1.47. The molecule has 3 aromatic heterocycles. The third-order valence-corrected chi connectivity index (χ3v) is 5.00. The van der Waals surface area contributed by atoms with Crippen LogP contribution in [0.4, 0.5) is 11.6 Å². The van der Waals surface area contributed by atoms with E-state index in [1.165, 1.54) is 12.4 Å². The van der Waals surface area contributed by atoms with Gasteiger partial charge in [0.25, 0.3) is 5.91 Å². The van der Waals surface area contributed by atoms with Gasteiger partial charge in [-0.15, -0.1) is 0 Å². The quantitative estimate of drug-likeness (QED) is 0.402. The van der Waals surface area contributed by atoms with E-state index in [-0.39, 0.29) is 17.4 Å². The van der Waals surface area contributed by atoms with Crippen molar-refractivity contribution in [3.8, 4) is 0 Å². The molecular weight excluding hydrogens is 380 g/mol. The van der Waals surface area contributed by atoms with Crippen LogP contribution in [0.1, 0.15) is 36.1 Å². The summed E-state index contributed by atoms with van der Waals surface area (Å²) in [5.41, 5.74) is 14.6. The van der Waals surface area contributed by atoms with E-state index >= 15 is 0 Å². The number of carbonyl (C=O) groups is 1. The number of nitrogens with zero attached hydrogens (tertiary/aromatic N) is 5. The number of carbonyl (C=O) groups excluding carboxylic acids is 1. The molecule has 0 radical (unpaired) electrons. The number of hydrogen-bond donors (Lipinski definition) is 3. The van der Waals surface area contributed by atoms with E-state index in [0.717, 1.165) is 53.6 Å². The van der Waals surface area contributed by atoms with Crippen LogP contribution < -0.4 is 16.8 Å². The fraction of sp³-hybridized carbons (Fsp3) is 0.286. The van der Waals surface area contributed by atoms with Gasteiger partial charge in [0.05, 0.1) is 23.4 Å². The monoisotopic (exact) mass is 404 g/mol. The highest BCUT2D eigenvalue weighted by Gasteiger charge is 2.16. The minimum Gasteiger partial charge on any atom is -0.382 e. The number of para-hydroxylation sites is 1. The van der Waals surface area contributed by atoms with Gasteiger partial charge in [-0.2, -0.15) is 0 Å². The minimum absolute atomic E-state index is 0.255. The fourth-order valence-electron chi connectivity index (χ4n) is 3.56. The molecule has 5 N–H and O–H groups in total. The molecule has 9 heteroatoms. The molecule has 0 bridgehead atoms. The Morgan fingerprint density at radius 3 is 2.70 bits per heavy atom. The largest absolute Gasteiger partial charge is 0.382 e. The Kier molecular flexibility index (Phi) is 5.42. The van der Waals surface area contributed by atoms with Crippen LogP contribution in [0.3, 0.4) is 0 Å². The first-order valence-electron chi connectivity index (χ1n) is 9.97. The number of benzene rings is 1. The van der Waals surface area contributed by atoms with E-state index in [9.17, 15) is 4.79 Å². The van der Waals surface area contributed by atoms with Crippen LogP contribution in [0.25, 0.3) is 21.9 Å². The van der Waals surface area contributed by atoms with Crippen molar-refractivity contribution in [1.82, 2.24) is 29.8 Å². The second kappa shape index (κ2) is 8.32. The van der Waals surface area contributed by atoms with Gasteiger partial charge in [-0.25, -0.2) is 19.9 Å². The molecule has 1 amide bonds. The third kappa shape index (κ3) is 3.73. The van der Waals surface area contributed by atoms with Gasteiger partial charge in [-0.3, -0.25) is 4.79 Å². The lowest BCUT2D eigenvalue weighted by Crippen LogP contribution is -2.25. The molecule has 0 fully saturated rings. The molecule has 4 aromatic rings. The van der Waals surface area contributed by atoms with E-state index in [4.69, 9.17) is 16.5 Å². The zero-order chi connectivity index (χ0) is 21.1. The van der Waals surface area contributed by atoms with Gasteiger partial charge in [0.15, 0.2) is 5.82 Å². The lowest BCUT2D eigenvalue weighted by atomic mass is 10.2. The Morgan fingerprint density at radius 2 is 1.93 bits per heavy atom. The van der Waals surface area contributed by atoms with Gasteiger partial charge in [0.1, 0.15) is 22.9 Å². The Labute approximate surface area is 173 Å². The fourth-order valence-corrected chi connectivity index (χ4v) is 3.56. The van der Waals surface area contributed by atoms with Crippen molar-refractivity contribution in [3.05, 3.63) is 48.2 Å². The minimum atomic E-state index is -0.255. The van der Waals surface area contributed by atoms with Crippen LogP contribution in [-0.2, 0) is 13.0 Å². The molecule has 9 nitrogen and oxygen atoms in total. The number of nitrogens with one attached hydrogen (secondary N) is 1. The molecule has 0 spiro atoms. The molecule has 0 aliphatic heterocycles. The van der Waals surface area contributed by atoms with Crippen molar-refractivity contribution in [3.63, 3.8) is 0 Å². The summed E-state index contributed by atoms with van der Waals surface area (Å²) in [6.07, 6.45) is 5.24. The predicted molar refractivity (Wildman–Crippen MR) is 117 cm³/mol. The number of anilines is 2. The molecule has 0 aliphatic rings. The molecule has 0 saturated heterocycles.